The Labute approximate surface area is 140 Å². The molecule has 1 N–H and O–H groups in total. The number of carbonyl (C=O) groups is 1. The highest BCUT2D eigenvalue weighted by atomic mass is 35.5. The number of imidazole rings is 1. The van der Waals surface area contributed by atoms with Crippen molar-refractivity contribution in [1.82, 2.24) is 9.55 Å². The molecular formula is C14H11Cl2N3O4. The molecule has 0 saturated heterocycles. The van der Waals surface area contributed by atoms with E-state index in [-0.39, 0.29) is 22.4 Å². The number of aryl methyl sites for hydroxylation is 1. The molecule has 0 fully saturated rings. The fourth-order valence-corrected chi connectivity index (χ4v) is 2.52. The SMILES string of the molecule is Cc1nc(Cl)c(/C=C/C(=O)O)n1Cc1ccc([N+](=O)[O-])cc1Cl. The van der Waals surface area contributed by atoms with Gasteiger partial charge in [-0.1, -0.05) is 23.2 Å². The summed E-state index contributed by atoms with van der Waals surface area (Å²) in [6.07, 6.45) is 2.29. The van der Waals surface area contributed by atoms with Gasteiger partial charge < -0.3 is 9.67 Å². The second-order valence-electron chi connectivity index (χ2n) is 4.63. The molecule has 2 aromatic rings. The maximum absolute atomic E-state index is 10.7. The van der Waals surface area contributed by atoms with Crippen LogP contribution in [-0.2, 0) is 11.3 Å². The van der Waals surface area contributed by atoms with E-state index in [4.69, 9.17) is 28.3 Å². The summed E-state index contributed by atoms with van der Waals surface area (Å²) in [6.45, 7) is 1.96. The van der Waals surface area contributed by atoms with Crippen LogP contribution in [0.2, 0.25) is 10.2 Å². The zero-order chi connectivity index (χ0) is 17.1. The summed E-state index contributed by atoms with van der Waals surface area (Å²) in [6, 6.07) is 4.15. The van der Waals surface area contributed by atoms with Crippen LogP contribution in [0.3, 0.4) is 0 Å². The lowest BCUT2D eigenvalue weighted by Gasteiger charge is -2.10. The molecule has 0 aliphatic heterocycles. The zero-order valence-corrected chi connectivity index (χ0v) is 13.4. The first kappa shape index (κ1) is 17.0. The lowest BCUT2D eigenvalue weighted by atomic mass is 10.2. The van der Waals surface area contributed by atoms with Gasteiger partial charge in [0.25, 0.3) is 5.69 Å². The summed E-state index contributed by atoms with van der Waals surface area (Å²) >= 11 is 12.1. The van der Waals surface area contributed by atoms with Gasteiger partial charge in [0, 0.05) is 18.2 Å². The number of carboxylic acid groups (broad SMARTS) is 1. The molecule has 1 heterocycles. The van der Waals surface area contributed by atoms with Crippen molar-refractivity contribution in [2.75, 3.05) is 0 Å². The van der Waals surface area contributed by atoms with Crippen LogP contribution in [-0.4, -0.2) is 25.6 Å². The molecule has 120 valence electrons. The van der Waals surface area contributed by atoms with Crippen LogP contribution in [0.5, 0.6) is 0 Å². The van der Waals surface area contributed by atoms with E-state index in [1.54, 1.807) is 17.6 Å². The maximum atomic E-state index is 10.7. The first-order valence-electron chi connectivity index (χ1n) is 6.36. The molecule has 2 rings (SSSR count). The summed E-state index contributed by atoms with van der Waals surface area (Å²) < 4.78 is 1.68. The van der Waals surface area contributed by atoms with Crippen molar-refractivity contribution < 1.29 is 14.8 Å². The zero-order valence-electron chi connectivity index (χ0n) is 11.9. The molecule has 0 aliphatic carbocycles. The van der Waals surface area contributed by atoms with Gasteiger partial charge in [-0.15, -0.1) is 0 Å². The van der Waals surface area contributed by atoms with Gasteiger partial charge >= 0.3 is 5.97 Å². The van der Waals surface area contributed by atoms with Gasteiger partial charge in [0.1, 0.15) is 5.82 Å². The molecule has 1 aromatic heterocycles. The van der Waals surface area contributed by atoms with E-state index < -0.39 is 10.9 Å². The molecule has 0 radical (unpaired) electrons. The number of hydrogen-bond acceptors (Lipinski definition) is 4. The molecule has 23 heavy (non-hydrogen) atoms. The summed E-state index contributed by atoms with van der Waals surface area (Å²) in [7, 11) is 0. The van der Waals surface area contributed by atoms with Crippen molar-refractivity contribution in [2.45, 2.75) is 13.5 Å². The van der Waals surface area contributed by atoms with Gasteiger partial charge in [-0.2, -0.15) is 0 Å². The van der Waals surface area contributed by atoms with Gasteiger partial charge in [0.15, 0.2) is 5.15 Å². The largest absolute Gasteiger partial charge is 0.478 e. The normalized spacial score (nSPS) is 11.1. The highest BCUT2D eigenvalue weighted by Gasteiger charge is 2.15. The van der Waals surface area contributed by atoms with Crippen LogP contribution >= 0.6 is 23.2 Å². The predicted octanol–water partition coefficient (Wildman–Crippen LogP) is 3.55. The van der Waals surface area contributed by atoms with E-state index in [1.165, 1.54) is 18.2 Å². The number of nitrogens with zero attached hydrogens (tertiary/aromatic N) is 3. The molecule has 0 saturated carbocycles. The van der Waals surface area contributed by atoms with Gasteiger partial charge in [-0.05, 0) is 24.6 Å². The van der Waals surface area contributed by atoms with Crippen LogP contribution < -0.4 is 0 Å². The third-order valence-corrected chi connectivity index (χ3v) is 3.74. The lowest BCUT2D eigenvalue weighted by molar-refractivity contribution is -0.384. The molecule has 0 unspecified atom stereocenters. The van der Waals surface area contributed by atoms with Crippen molar-refractivity contribution >= 4 is 40.9 Å². The minimum Gasteiger partial charge on any atom is -0.478 e. The molecule has 0 bridgehead atoms. The summed E-state index contributed by atoms with van der Waals surface area (Å²) in [5.41, 5.74) is 0.936. The first-order chi connectivity index (χ1) is 10.8. The van der Waals surface area contributed by atoms with Crippen molar-refractivity contribution in [1.29, 1.82) is 0 Å². The van der Waals surface area contributed by atoms with Gasteiger partial charge in [0.2, 0.25) is 0 Å². The van der Waals surface area contributed by atoms with Crippen LogP contribution in [0.25, 0.3) is 6.08 Å². The van der Waals surface area contributed by atoms with Crippen molar-refractivity contribution in [3.8, 4) is 0 Å². The minimum atomic E-state index is -1.11. The maximum Gasteiger partial charge on any atom is 0.328 e. The molecule has 0 aliphatic rings. The van der Waals surface area contributed by atoms with Crippen LogP contribution in [0.4, 0.5) is 5.69 Å². The van der Waals surface area contributed by atoms with Gasteiger partial charge in [0.05, 0.1) is 22.2 Å². The molecule has 9 heteroatoms. The van der Waals surface area contributed by atoms with Crippen LogP contribution in [0.15, 0.2) is 24.3 Å². The number of nitro benzene ring substituents is 1. The van der Waals surface area contributed by atoms with Crippen molar-refractivity contribution in [3.05, 3.63) is 61.6 Å². The summed E-state index contributed by atoms with van der Waals surface area (Å²) in [4.78, 5) is 25.0. The number of non-ortho nitro benzene ring substituents is 1. The number of carboxylic acids is 1. The Morgan fingerprint density at radius 3 is 2.74 bits per heavy atom. The Balaban J connectivity index is 2.41. The highest BCUT2D eigenvalue weighted by molar-refractivity contribution is 6.31. The van der Waals surface area contributed by atoms with E-state index in [1.807, 2.05) is 0 Å². The number of benzene rings is 1. The molecule has 1 aromatic carbocycles. The minimum absolute atomic E-state index is 0.106. The Bertz CT molecular complexity index is 815. The Morgan fingerprint density at radius 1 is 1.48 bits per heavy atom. The lowest BCUT2D eigenvalue weighted by Crippen LogP contribution is -2.05. The second-order valence-corrected chi connectivity index (χ2v) is 5.39. The third-order valence-electron chi connectivity index (χ3n) is 3.11. The number of aromatic nitrogens is 2. The first-order valence-corrected chi connectivity index (χ1v) is 7.11. The van der Waals surface area contributed by atoms with Gasteiger partial charge in [-0.25, -0.2) is 9.78 Å². The van der Waals surface area contributed by atoms with Gasteiger partial charge in [-0.3, -0.25) is 10.1 Å². The van der Waals surface area contributed by atoms with E-state index >= 15 is 0 Å². The molecular weight excluding hydrogens is 345 g/mol. The standard InChI is InChI=1S/C14H11Cl2N3O4/c1-8-17-14(16)12(4-5-13(20)21)18(8)7-9-2-3-10(19(22)23)6-11(9)15/h2-6H,7H2,1H3,(H,20,21)/b5-4+. The summed E-state index contributed by atoms with van der Waals surface area (Å²) in [5.74, 6) is -0.547. The van der Waals surface area contributed by atoms with E-state index in [0.717, 1.165) is 6.08 Å². The Hall–Kier alpha value is -2.38. The number of hydrogen-bond donors (Lipinski definition) is 1. The Morgan fingerprint density at radius 2 is 2.17 bits per heavy atom. The number of nitro groups is 1. The molecule has 7 nitrogen and oxygen atoms in total. The quantitative estimate of drug-likeness (QED) is 0.502. The molecule has 0 amide bonds. The van der Waals surface area contributed by atoms with Crippen LogP contribution in [0, 0.1) is 17.0 Å². The molecule has 0 atom stereocenters. The number of rotatable bonds is 5. The average Bonchev–Trinajstić information content (AvgIpc) is 2.72. The third kappa shape index (κ3) is 3.88. The summed E-state index contributed by atoms with van der Waals surface area (Å²) in [5, 5.41) is 19.9. The molecule has 0 spiro atoms. The smallest absolute Gasteiger partial charge is 0.328 e. The monoisotopic (exact) mass is 355 g/mol. The van der Waals surface area contributed by atoms with E-state index in [2.05, 4.69) is 4.98 Å². The van der Waals surface area contributed by atoms with Crippen LogP contribution in [0.1, 0.15) is 17.1 Å². The Kier molecular flexibility index (Phi) is 5.02. The second kappa shape index (κ2) is 6.80. The van der Waals surface area contributed by atoms with Crippen molar-refractivity contribution in [3.63, 3.8) is 0 Å². The fraction of sp³-hybridized carbons (Fsp3) is 0.143. The van der Waals surface area contributed by atoms with E-state index in [0.29, 0.717) is 17.1 Å². The highest BCUT2D eigenvalue weighted by Crippen LogP contribution is 2.26. The topological polar surface area (TPSA) is 98.3 Å². The van der Waals surface area contributed by atoms with Crippen molar-refractivity contribution in [2.24, 2.45) is 0 Å². The number of aliphatic carboxylic acids is 1. The van der Waals surface area contributed by atoms with E-state index in [9.17, 15) is 14.9 Å². The average molecular weight is 356 g/mol. The predicted molar refractivity (Wildman–Crippen MR) is 85.9 cm³/mol. The fourth-order valence-electron chi connectivity index (χ4n) is 2.00. The number of halogens is 2.